The SMILES string of the molecule is CCOC(=O)c1oc2c(c1C)[C@H](NCC(C)(C)C(=O)NC)CCC2. The van der Waals surface area contributed by atoms with Gasteiger partial charge in [0.05, 0.1) is 12.0 Å². The molecule has 0 unspecified atom stereocenters. The number of esters is 1. The summed E-state index contributed by atoms with van der Waals surface area (Å²) in [4.78, 5) is 24.0. The van der Waals surface area contributed by atoms with Crippen LogP contribution in [-0.4, -0.2) is 32.1 Å². The van der Waals surface area contributed by atoms with Crippen molar-refractivity contribution in [3.63, 3.8) is 0 Å². The molecule has 6 heteroatoms. The third-order valence-electron chi connectivity index (χ3n) is 4.61. The maximum Gasteiger partial charge on any atom is 0.374 e. The maximum atomic E-state index is 12.0. The van der Waals surface area contributed by atoms with Crippen molar-refractivity contribution in [2.75, 3.05) is 20.2 Å². The van der Waals surface area contributed by atoms with Gasteiger partial charge in [-0.15, -0.1) is 0 Å². The highest BCUT2D eigenvalue weighted by atomic mass is 16.5. The maximum absolute atomic E-state index is 12.0. The first-order chi connectivity index (χ1) is 11.3. The van der Waals surface area contributed by atoms with Crippen LogP contribution < -0.4 is 10.6 Å². The van der Waals surface area contributed by atoms with E-state index in [-0.39, 0.29) is 11.9 Å². The van der Waals surface area contributed by atoms with Crippen molar-refractivity contribution < 1.29 is 18.7 Å². The van der Waals surface area contributed by atoms with Crippen molar-refractivity contribution in [1.82, 2.24) is 10.6 Å². The van der Waals surface area contributed by atoms with Crippen LogP contribution in [0, 0.1) is 12.3 Å². The molecule has 1 aliphatic rings. The average Bonchev–Trinajstić information content (AvgIpc) is 2.90. The van der Waals surface area contributed by atoms with Crippen LogP contribution in [0.15, 0.2) is 4.42 Å². The normalized spacial score (nSPS) is 17.3. The number of carbonyl (C=O) groups excluding carboxylic acids is 2. The Labute approximate surface area is 143 Å². The molecule has 1 amide bonds. The lowest BCUT2D eigenvalue weighted by molar-refractivity contribution is -0.128. The van der Waals surface area contributed by atoms with E-state index in [1.165, 1.54) is 0 Å². The zero-order valence-electron chi connectivity index (χ0n) is 15.2. The lowest BCUT2D eigenvalue weighted by Crippen LogP contribution is -2.43. The molecule has 1 aromatic heterocycles. The largest absolute Gasteiger partial charge is 0.460 e. The first-order valence-electron chi connectivity index (χ1n) is 8.56. The number of hydrogen-bond donors (Lipinski definition) is 2. The molecule has 1 aliphatic carbocycles. The molecule has 2 rings (SSSR count). The van der Waals surface area contributed by atoms with E-state index in [1.54, 1.807) is 14.0 Å². The van der Waals surface area contributed by atoms with Gasteiger partial charge in [0.2, 0.25) is 11.7 Å². The molecular weight excluding hydrogens is 308 g/mol. The minimum Gasteiger partial charge on any atom is -0.460 e. The number of furan rings is 1. The molecular formula is C18H28N2O4. The van der Waals surface area contributed by atoms with Crippen LogP contribution >= 0.6 is 0 Å². The van der Waals surface area contributed by atoms with Crippen molar-refractivity contribution in [1.29, 1.82) is 0 Å². The molecule has 2 N–H and O–H groups in total. The van der Waals surface area contributed by atoms with E-state index >= 15 is 0 Å². The second kappa shape index (κ2) is 7.38. The monoisotopic (exact) mass is 336 g/mol. The van der Waals surface area contributed by atoms with E-state index in [9.17, 15) is 9.59 Å². The highest BCUT2D eigenvalue weighted by Gasteiger charge is 2.33. The fourth-order valence-electron chi connectivity index (χ4n) is 3.23. The molecule has 0 bridgehead atoms. The molecule has 1 atom stereocenters. The molecule has 134 valence electrons. The standard InChI is InChI=1S/C18H28N2O4/c1-6-23-16(21)15-11(2)14-12(8-7-9-13(14)24-15)20-10-18(3,4)17(22)19-5/h12,20H,6-10H2,1-5H3,(H,19,22)/t12-/m1/s1. The van der Waals surface area contributed by atoms with Crippen LogP contribution in [0.5, 0.6) is 0 Å². The third kappa shape index (κ3) is 3.64. The van der Waals surface area contributed by atoms with E-state index in [0.717, 1.165) is 36.1 Å². The summed E-state index contributed by atoms with van der Waals surface area (Å²) in [5.41, 5.74) is 1.39. The van der Waals surface area contributed by atoms with Gasteiger partial charge in [0.1, 0.15) is 5.76 Å². The molecule has 0 aliphatic heterocycles. The fourth-order valence-corrected chi connectivity index (χ4v) is 3.23. The van der Waals surface area contributed by atoms with Crippen molar-refractivity contribution in [2.24, 2.45) is 5.41 Å². The van der Waals surface area contributed by atoms with Crippen molar-refractivity contribution in [3.05, 3.63) is 22.6 Å². The molecule has 0 saturated carbocycles. The highest BCUT2D eigenvalue weighted by molar-refractivity contribution is 5.88. The Morgan fingerprint density at radius 1 is 1.38 bits per heavy atom. The summed E-state index contributed by atoms with van der Waals surface area (Å²) in [7, 11) is 1.65. The predicted molar refractivity (Wildman–Crippen MR) is 90.9 cm³/mol. The van der Waals surface area contributed by atoms with E-state index in [4.69, 9.17) is 9.15 Å². The summed E-state index contributed by atoms with van der Waals surface area (Å²) >= 11 is 0. The van der Waals surface area contributed by atoms with Crippen LogP contribution in [0.4, 0.5) is 0 Å². The zero-order chi connectivity index (χ0) is 17.9. The zero-order valence-corrected chi connectivity index (χ0v) is 15.2. The van der Waals surface area contributed by atoms with Gasteiger partial charge in [-0.2, -0.15) is 0 Å². The van der Waals surface area contributed by atoms with Crippen molar-refractivity contribution in [3.8, 4) is 0 Å². The Kier molecular flexibility index (Phi) is 5.70. The van der Waals surface area contributed by atoms with Crippen LogP contribution in [0.1, 0.15) is 67.1 Å². The first-order valence-corrected chi connectivity index (χ1v) is 8.56. The van der Waals surface area contributed by atoms with Gasteiger partial charge in [-0.3, -0.25) is 4.79 Å². The van der Waals surface area contributed by atoms with Crippen LogP contribution in [0.3, 0.4) is 0 Å². The van der Waals surface area contributed by atoms with Crippen molar-refractivity contribution >= 4 is 11.9 Å². The summed E-state index contributed by atoms with van der Waals surface area (Å²) in [6, 6.07) is 0.0876. The van der Waals surface area contributed by atoms with Gasteiger partial charge in [-0.1, -0.05) is 0 Å². The number of nitrogens with one attached hydrogen (secondary N) is 2. The Morgan fingerprint density at radius 2 is 2.08 bits per heavy atom. The quantitative estimate of drug-likeness (QED) is 0.780. The van der Waals surface area contributed by atoms with Crippen molar-refractivity contribution in [2.45, 2.75) is 53.0 Å². The Bertz CT molecular complexity index is 619. The molecule has 1 aromatic rings. The number of ether oxygens (including phenoxy) is 1. The van der Waals surface area contributed by atoms with E-state index in [0.29, 0.717) is 18.9 Å². The summed E-state index contributed by atoms with van der Waals surface area (Å²) < 4.78 is 10.9. The minimum absolute atomic E-state index is 0.00200. The number of fused-ring (bicyclic) bond motifs is 1. The number of hydrogen-bond acceptors (Lipinski definition) is 5. The summed E-state index contributed by atoms with van der Waals surface area (Å²) in [6.07, 6.45) is 2.77. The number of amides is 1. The third-order valence-corrected chi connectivity index (χ3v) is 4.61. The van der Waals surface area contributed by atoms with Gasteiger partial charge >= 0.3 is 5.97 Å². The Morgan fingerprint density at radius 3 is 2.71 bits per heavy atom. The fraction of sp³-hybridized carbons (Fsp3) is 0.667. The Balaban J connectivity index is 2.19. The predicted octanol–water partition coefficient (Wildman–Crippen LogP) is 2.50. The van der Waals surface area contributed by atoms with Crippen LogP contribution in [-0.2, 0) is 16.0 Å². The van der Waals surface area contributed by atoms with E-state index < -0.39 is 11.4 Å². The summed E-state index contributed by atoms with van der Waals surface area (Å²) in [5, 5.41) is 6.18. The first kappa shape index (κ1) is 18.5. The average molecular weight is 336 g/mol. The van der Waals surface area contributed by atoms with E-state index in [2.05, 4.69) is 10.6 Å². The summed E-state index contributed by atoms with van der Waals surface area (Å²) in [5.74, 6) is 0.758. The second-order valence-electron chi connectivity index (χ2n) is 6.90. The van der Waals surface area contributed by atoms with Gasteiger partial charge in [0.25, 0.3) is 0 Å². The summed E-state index contributed by atoms with van der Waals surface area (Å²) in [6.45, 7) is 8.38. The van der Waals surface area contributed by atoms with Gasteiger partial charge in [0.15, 0.2) is 0 Å². The van der Waals surface area contributed by atoms with Gasteiger partial charge < -0.3 is 19.8 Å². The molecule has 0 radical (unpaired) electrons. The molecule has 0 fully saturated rings. The smallest absolute Gasteiger partial charge is 0.374 e. The topological polar surface area (TPSA) is 80.6 Å². The molecule has 0 spiro atoms. The van der Waals surface area contributed by atoms with Gasteiger partial charge in [0, 0.05) is 37.2 Å². The lowest BCUT2D eigenvalue weighted by Gasteiger charge is -2.29. The van der Waals surface area contributed by atoms with Crippen LogP contribution in [0.2, 0.25) is 0 Å². The molecule has 0 saturated heterocycles. The van der Waals surface area contributed by atoms with Gasteiger partial charge in [-0.25, -0.2) is 4.79 Å². The molecule has 24 heavy (non-hydrogen) atoms. The van der Waals surface area contributed by atoms with E-state index in [1.807, 2.05) is 20.8 Å². The molecule has 6 nitrogen and oxygen atoms in total. The minimum atomic E-state index is -0.506. The van der Waals surface area contributed by atoms with Gasteiger partial charge in [-0.05, 0) is 40.5 Å². The number of aryl methyl sites for hydroxylation is 1. The molecule has 1 heterocycles. The second-order valence-corrected chi connectivity index (χ2v) is 6.90. The Hall–Kier alpha value is -1.82. The lowest BCUT2D eigenvalue weighted by atomic mass is 9.87. The number of rotatable bonds is 6. The highest BCUT2D eigenvalue weighted by Crippen LogP contribution is 2.36. The number of carbonyl (C=O) groups is 2. The van der Waals surface area contributed by atoms with Crippen LogP contribution in [0.25, 0.3) is 0 Å². The molecule has 0 aromatic carbocycles.